The summed E-state index contributed by atoms with van der Waals surface area (Å²) in [4.78, 5) is 58.0. The van der Waals surface area contributed by atoms with Crippen LogP contribution in [-0.2, 0) is 16.1 Å². The molecule has 1 fully saturated rings. The maximum atomic E-state index is 13.7. The summed E-state index contributed by atoms with van der Waals surface area (Å²) in [6.45, 7) is -0.0800. The molecule has 0 bridgehead atoms. The number of pyridine rings is 1. The molecular formula is C28H23F3N4O5. The molecule has 1 aliphatic carbocycles. The number of Topliss-reactive ketones (excluding diaryl/α,β-unsaturated/α-hetero) is 1. The summed E-state index contributed by atoms with van der Waals surface area (Å²) < 4.78 is 41.5. The number of carbonyl (C=O) groups is 4. The van der Waals surface area contributed by atoms with Gasteiger partial charge in [0.25, 0.3) is 5.91 Å². The Hall–Kier alpha value is -4.74. The maximum absolute atomic E-state index is 13.7. The van der Waals surface area contributed by atoms with Gasteiger partial charge in [0.2, 0.25) is 11.8 Å². The van der Waals surface area contributed by atoms with Gasteiger partial charge in [-0.05, 0) is 54.8 Å². The number of rotatable bonds is 7. The number of anilines is 1. The van der Waals surface area contributed by atoms with Crippen LogP contribution in [0.4, 0.5) is 18.9 Å². The van der Waals surface area contributed by atoms with Crippen molar-refractivity contribution in [3.05, 3.63) is 89.7 Å². The van der Waals surface area contributed by atoms with Gasteiger partial charge >= 0.3 is 6.36 Å². The second-order valence-electron chi connectivity index (χ2n) is 9.54. The fourth-order valence-corrected chi connectivity index (χ4v) is 4.50. The van der Waals surface area contributed by atoms with Crippen molar-refractivity contribution < 1.29 is 37.1 Å². The molecule has 12 heteroatoms. The molecule has 40 heavy (non-hydrogen) atoms. The van der Waals surface area contributed by atoms with Crippen LogP contribution < -0.4 is 20.3 Å². The molecule has 0 radical (unpaired) electrons. The molecule has 2 aromatic carbocycles. The van der Waals surface area contributed by atoms with E-state index in [1.165, 1.54) is 29.3 Å². The van der Waals surface area contributed by atoms with Crippen molar-refractivity contribution in [1.29, 1.82) is 0 Å². The number of ketones is 1. The van der Waals surface area contributed by atoms with Gasteiger partial charge in [-0.3, -0.25) is 24.2 Å². The number of benzene rings is 2. The second kappa shape index (κ2) is 10.4. The van der Waals surface area contributed by atoms with Crippen LogP contribution >= 0.6 is 0 Å². The summed E-state index contributed by atoms with van der Waals surface area (Å²) in [7, 11) is 0. The van der Waals surface area contributed by atoms with E-state index in [2.05, 4.69) is 20.4 Å². The highest BCUT2D eigenvalue weighted by Crippen LogP contribution is 2.37. The van der Waals surface area contributed by atoms with Gasteiger partial charge in [-0.15, -0.1) is 13.2 Å². The summed E-state index contributed by atoms with van der Waals surface area (Å²) in [6, 6.07) is 15.0. The van der Waals surface area contributed by atoms with E-state index in [0.29, 0.717) is 24.1 Å². The molecular weight excluding hydrogens is 529 g/mol. The van der Waals surface area contributed by atoms with Crippen molar-refractivity contribution in [2.24, 2.45) is 0 Å². The topological polar surface area (TPSA) is 118 Å². The monoisotopic (exact) mass is 552 g/mol. The summed E-state index contributed by atoms with van der Waals surface area (Å²) in [6.07, 6.45) is -3.00. The second-order valence-corrected chi connectivity index (χ2v) is 9.54. The van der Waals surface area contributed by atoms with Crippen LogP contribution in [-0.4, -0.2) is 46.4 Å². The van der Waals surface area contributed by atoms with Crippen LogP contribution in [0, 0.1) is 0 Å². The lowest BCUT2D eigenvalue weighted by molar-refractivity contribution is -0.274. The summed E-state index contributed by atoms with van der Waals surface area (Å²) in [5.41, 5.74) is -0.0337. The van der Waals surface area contributed by atoms with Crippen molar-refractivity contribution in [3.8, 4) is 5.75 Å². The van der Waals surface area contributed by atoms with Gasteiger partial charge in [-0.1, -0.05) is 30.3 Å². The number of hydrogen-bond donors (Lipinski definition) is 2. The van der Waals surface area contributed by atoms with Gasteiger partial charge < -0.3 is 20.3 Å². The van der Waals surface area contributed by atoms with Crippen LogP contribution in [0.1, 0.15) is 45.7 Å². The molecule has 5 rings (SSSR count). The SMILES string of the molecule is O=C(NC1(C(=O)N[C@@H]2CC(=O)c3ccccc3N(Cc3ccc(OC(F)(F)F)cc3)C2=O)CC1)c1ccccn1. The van der Waals surface area contributed by atoms with Crippen molar-refractivity contribution >= 4 is 29.2 Å². The first-order chi connectivity index (χ1) is 19.0. The number of nitrogens with zero attached hydrogens (tertiary/aromatic N) is 2. The number of amides is 3. The minimum absolute atomic E-state index is 0.0800. The van der Waals surface area contributed by atoms with E-state index in [4.69, 9.17) is 0 Å². The molecule has 2 aliphatic rings. The van der Waals surface area contributed by atoms with Gasteiger partial charge in [0.15, 0.2) is 5.78 Å². The van der Waals surface area contributed by atoms with Crippen molar-refractivity contribution in [3.63, 3.8) is 0 Å². The third kappa shape index (κ3) is 5.80. The Labute approximate surface area is 226 Å². The molecule has 0 saturated heterocycles. The maximum Gasteiger partial charge on any atom is 0.573 e. The lowest BCUT2D eigenvalue weighted by atomic mass is 10.0. The summed E-state index contributed by atoms with van der Waals surface area (Å²) in [5, 5.41) is 5.34. The molecule has 1 saturated carbocycles. The number of aromatic nitrogens is 1. The summed E-state index contributed by atoms with van der Waals surface area (Å²) >= 11 is 0. The molecule has 2 N–H and O–H groups in total. The predicted molar refractivity (Wildman–Crippen MR) is 135 cm³/mol. The van der Waals surface area contributed by atoms with Crippen LogP contribution in [0.5, 0.6) is 5.75 Å². The van der Waals surface area contributed by atoms with E-state index >= 15 is 0 Å². The van der Waals surface area contributed by atoms with Crippen molar-refractivity contribution in [1.82, 2.24) is 15.6 Å². The first-order valence-electron chi connectivity index (χ1n) is 12.4. The number of nitrogens with one attached hydrogen (secondary N) is 2. The zero-order valence-corrected chi connectivity index (χ0v) is 20.9. The highest BCUT2D eigenvalue weighted by molar-refractivity contribution is 6.13. The van der Waals surface area contributed by atoms with Crippen LogP contribution in [0.2, 0.25) is 0 Å². The molecule has 3 amide bonds. The van der Waals surface area contributed by atoms with E-state index in [1.54, 1.807) is 36.4 Å². The minimum Gasteiger partial charge on any atom is -0.406 e. The Morgan fingerprint density at radius 2 is 1.70 bits per heavy atom. The Morgan fingerprint density at radius 3 is 2.35 bits per heavy atom. The fourth-order valence-electron chi connectivity index (χ4n) is 4.50. The third-order valence-electron chi connectivity index (χ3n) is 6.69. The van der Waals surface area contributed by atoms with Crippen molar-refractivity contribution in [2.75, 3.05) is 4.90 Å². The predicted octanol–water partition coefficient (Wildman–Crippen LogP) is 3.55. The molecule has 0 unspecified atom stereocenters. The molecule has 2 heterocycles. The highest BCUT2D eigenvalue weighted by Gasteiger charge is 2.52. The van der Waals surface area contributed by atoms with Crippen LogP contribution in [0.3, 0.4) is 0 Å². The zero-order chi connectivity index (χ0) is 28.5. The number of carbonyl (C=O) groups excluding carboxylic acids is 4. The van der Waals surface area contributed by atoms with Gasteiger partial charge in [0.1, 0.15) is 23.0 Å². The number of para-hydroxylation sites is 1. The molecule has 3 aromatic rings. The molecule has 206 valence electrons. The Morgan fingerprint density at radius 1 is 1.00 bits per heavy atom. The van der Waals surface area contributed by atoms with E-state index in [9.17, 15) is 32.3 Å². The number of ether oxygens (including phenoxy) is 1. The Balaban J connectivity index is 1.36. The Bertz CT molecular complexity index is 1460. The lowest BCUT2D eigenvalue weighted by Crippen LogP contribution is -2.55. The van der Waals surface area contributed by atoms with Gasteiger partial charge in [0.05, 0.1) is 12.2 Å². The van der Waals surface area contributed by atoms with Gasteiger partial charge in [-0.2, -0.15) is 0 Å². The Kier molecular flexibility index (Phi) is 7.01. The highest BCUT2D eigenvalue weighted by atomic mass is 19.4. The van der Waals surface area contributed by atoms with Gasteiger partial charge in [0, 0.05) is 18.2 Å². The molecule has 9 nitrogen and oxygen atoms in total. The quantitative estimate of drug-likeness (QED) is 0.463. The van der Waals surface area contributed by atoms with E-state index < -0.39 is 41.4 Å². The number of hydrogen-bond acceptors (Lipinski definition) is 6. The first-order valence-corrected chi connectivity index (χ1v) is 12.4. The number of halogens is 3. The van der Waals surface area contributed by atoms with Crippen molar-refractivity contribution in [2.45, 2.75) is 43.8 Å². The number of alkyl halides is 3. The smallest absolute Gasteiger partial charge is 0.406 e. The molecule has 1 aliphatic heterocycles. The fraction of sp³-hybridized carbons (Fsp3) is 0.250. The average Bonchev–Trinajstić information content (AvgIpc) is 3.72. The standard InChI is InChI=1S/C28H23F3N4O5/c29-28(30,31)40-18-10-8-17(9-11-18)16-35-22-7-2-1-5-19(22)23(36)15-21(25(35)38)33-26(39)27(12-13-27)34-24(37)20-6-3-4-14-32-20/h1-11,14,21H,12-13,15-16H2,(H,33,39)(H,34,37)/t21-/m1/s1. The summed E-state index contributed by atoms with van der Waals surface area (Å²) in [5.74, 6) is -2.49. The molecule has 0 spiro atoms. The molecule has 1 aromatic heterocycles. The van der Waals surface area contributed by atoms with E-state index in [1.807, 2.05) is 0 Å². The average molecular weight is 553 g/mol. The van der Waals surface area contributed by atoms with E-state index in [0.717, 1.165) is 12.1 Å². The molecule has 1 atom stereocenters. The normalized spacial score (nSPS) is 17.9. The minimum atomic E-state index is -4.84. The van der Waals surface area contributed by atoms with Crippen LogP contribution in [0.25, 0.3) is 0 Å². The third-order valence-corrected chi connectivity index (χ3v) is 6.69. The van der Waals surface area contributed by atoms with Gasteiger partial charge in [-0.25, -0.2) is 0 Å². The largest absolute Gasteiger partial charge is 0.573 e. The van der Waals surface area contributed by atoms with Crippen LogP contribution in [0.15, 0.2) is 72.9 Å². The number of fused-ring (bicyclic) bond motifs is 1. The van der Waals surface area contributed by atoms with E-state index in [-0.39, 0.29) is 30.0 Å². The first kappa shape index (κ1) is 26.9. The zero-order valence-electron chi connectivity index (χ0n) is 20.9. The lowest BCUT2D eigenvalue weighted by Gasteiger charge is -2.27.